The SMILES string of the molecule is CCc1ccc(C#CC2=C(C)C(/C=C/C(C)=C\C(=O)O)C(C)(C)CC2=O)cc1. The molecule has 3 nitrogen and oxygen atoms in total. The van der Waals surface area contributed by atoms with Gasteiger partial charge < -0.3 is 5.11 Å². The fraction of sp³-hybridized carbons (Fsp3) is 0.360. The Hall–Kier alpha value is -2.86. The minimum atomic E-state index is -0.965. The van der Waals surface area contributed by atoms with Gasteiger partial charge in [0.25, 0.3) is 0 Å². The van der Waals surface area contributed by atoms with Gasteiger partial charge in [-0.3, -0.25) is 4.79 Å². The van der Waals surface area contributed by atoms with Crippen LogP contribution in [0.3, 0.4) is 0 Å². The van der Waals surface area contributed by atoms with Gasteiger partial charge in [-0.1, -0.05) is 56.9 Å². The number of carboxylic acids is 1. The molecule has 1 aromatic rings. The third kappa shape index (κ3) is 5.33. The molecule has 0 aliphatic heterocycles. The minimum Gasteiger partial charge on any atom is -0.478 e. The maximum absolute atomic E-state index is 12.7. The van der Waals surface area contributed by atoms with Crippen molar-refractivity contribution in [3.63, 3.8) is 0 Å². The highest BCUT2D eigenvalue weighted by Crippen LogP contribution is 2.43. The van der Waals surface area contributed by atoms with Crippen molar-refractivity contribution in [2.24, 2.45) is 11.3 Å². The topological polar surface area (TPSA) is 54.4 Å². The number of aryl methyl sites for hydroxylation is 1. The van der Waals surface area contributed by atoms with Crippen LogP contribution in [0.1, 0.15) is 52.2 Å². The Balaban J connectivity index is 2.39. The summed E-state index contributed by atoms with van der Waals surface area (Å²) < 4.78 is 0. The van der Waals surface area contributed by atoms with Crippen LogP contribution in [0.4, 0.5) is 0 Å². The number of hydrogen-bond acceptors (Lipinski definition) is 2. The molecule has 1 N–H and O–H groups in total. The van der Waals surface area contributed by atoms with E-state index in [2.05, 4.69) is 44.7 Å². The number of carbonyl (C=O) groups excluding carboxylic acids is 1. The van der Waals surface area contributed by atoms with Crippen LogP contribution >= 0.6 is 0 Å². The molecule has 3 heteroatoms. The smallest absolute Gasteiger partial charge is 0.328 e. The largest absolute Gasteiger partial charge is 0.478 e. The van der Waals surface area contributed by atoms with Gasteiger partial charge in [0.05, 0.1) is 5.57 Å². The van der Waals surface area contributed by atoms with Gasteiger partial charge in [-0.15, -0.1) is 0 Å². The lowest BCUT2D eigenvalue weighted by atomic mass is 9.66. The van der Waals surface area contributed by atoms with E-state index in [9.17, 15) is 9.59 Å². The van der Waals surface area contributed by atoms with Gasteiger partial charge in [-0.05, 0) is 54.5 Å². The maximum atomic E-state index is 12.7. The zero-order chi connectivity index (χ0) is 20.9. The predicted molar refractivity (Wildman–Crippen MR) is 113 cm³/mol. The molecule has 0 saturated carbocycles. The van der Waals surface area contributed by atoms with E-state index < -0.39 is 5.97 Å². The lowest BCUT2D eigenvalue weighted by Crippen LogP contribution is -2.33. The molecule has 0 fully saturated rings. The van der Waals surface area contributed by atoms with Gasteiger partial charge in [0, 0.05) is 24.0 Å². The second-order valence-electron chi connectivity index (χ2n) is 8.01. The standard InChI is InChI=1S/C25H28O3/c1-6-19-8-10-20(11-9-19)12-13-21-18(3)22(25(4,5)16-23(21)26)14-7-17(2)15-24(27)28/h7-11,14-15,22H,6,16H2,1-5H3,(H,27,28)/b14-7+,17-15-. The first-order valence-electron chi connectivity index (χ1n) is 9.58. The third-order valence-electron chi connectivity index (χ3n) is 5.19. The highest BCUT2D eigenvalue weighted by molar-refractivity contribution is 6.02. The van der Waals surface area contributed by atoms with Gasteiger partial charge in [0.2, 0.25) is 0 Å². The summed E-state index contributed by atoms with van der Waals surface area (Å²) in [6.07, 6.45) is 6.38. The fourth-order valence-corrected chi connectivity index (χ4v) is 3.60. The summed E-state index contributed by atoms with van der Waals surface area (Å²) in [5.41, 5.74) is 4.09. The zero-order valence-corrected chi connectivity index (χ0v) is 17.3. The van der Waals surface area contributed by atoms with E-state index in [1.54, 1.807) is 6.92 Å². The first-order chi connectivity index (χ1) is 13.1. The molecule has 1 aliphatic carbocycles. The van der Waals surface area contributed by atoms with E-state index in [4.69, 9.17) is 5.11 Å². The average Bonchev–Trinajstić information content (AvgIpc) is 2.60. The minimum absolute atomic E-state index is 0.0223. The summed E-state index contributed by atoms with van der Waals surface area (Å²) in [4.78, 5) is 23.5. The molecular weight excluding hydrogens is 348 g/mol. The molecule has 1 aromatic carbocycles. The Labute approximate surface area is 167 Å². The number of aliphatic carboxylic acids is 1. The van der Waals surface area contributed by atoms with Crippen LogP contribution in [-0.2, 0) is 16.0 Å². The Kier molecular flexibility index (Phi) is 6.80. The summed E-state index contributed by atoms with van der Waals surface area (Å²) in [5, 5.41) is 8.88. The molecule has 0 heterocycles. The van der Waals surface area contributed by atoms with Crippen LogP contribution in [0, 0.1) is 23.2 Å². The summed E-state index contributed by atoms with van der Waals surface area (Å²) in [7, 11) is 0. The molecule has 0 aromatic heterocycles. The van der Waals surface area contributed by atoms with E-state index in [0.717, 1.165) is 17.6 Å². The monoisotopic (exact) mass is 376 g/mol. The van der Waals surface area contributed by atoms with E-state index in [1.165, 1.54) is 11.6 Å². The molecular formula is C25H28O3. The third-order valence-corrected chi connectivity index (χ3v) is 5.19. The van der Waals surface area contributed by atoms with Crippen LogP contribution in [0.15, 0.2) is 59.2 Å². The molecule has 1 aliphatic rings. The number of Topliss-reactive ketones (excluding diaryl/α,β-unsaturated/α-hetero) is 1. The second-order valence-corrected chi connectivity index (χ2v) is 8.01. The van der Waals surface area contributed by atoms with E-state index in [0.29, 0.717) is 17.6 Å². The summed E-state index contributed by atoms with van der Waals surface area (Å²) in [6.45, 7) is 9.94. The van der Waals surface area contributed by atoms with Crippen LogP contribution in [0.5, 0.6) is 0 Å². The van der Waals surface area contributed by atoms with Gasteiger partial charge >= 0.3 is 5.97 Å². The number of benzene rings is 1. The number of ketones is 1. The van der Waals surface area contributed by atoms with Crippen molar-refractivity contribution in [1.29, 1.82) is 0 Å². The highest BCUT2D eigenvalue weighted by Gasteiger charge is 2.38. The maximum Gasteiger partial charge on any atom is 0.328 e. The van der Waals surface area contributed by atoms with Crippen LogP contribution in [0.2, 0.25) is 0 Å². The van der Waals surface area contributed by atoms with Crippen molar-refractivity contribution in [2.45, 2.75) is 47.5 Å². The zero-order valence-electron chi connectivity index (χ0n) is 17.3. The summed E-state index contributed by atoms with van der Waals surface area (Å²) in [5.74, 6) is 5.35. The Morgan fingerprint density at radius 3 is 2.46 bits per heavy atom. The average molecular weight is 376 g/mol. The molecule has 0 radical (unpaired) electrons. The van der Waals surface area contributed by atoms with Gasteiger partial charge in [-0.25, -0.2) is 4.79 Å². The molecule has 0 amide bonds. The molecule has 1 unspecified atom stereocenters. The quantitative estimate of drug-likeness (QED) is 0.451. The second kappa shape index (κ2) is 8.89. The van der Waals surface area contributed by atoms with Crippen molar-refractivity contribution in [3.05, 3.63) is 70.3 Å². The van der Waals surface area contributed by atoms with Crippen molar-refractivity contribution in [1.82, 2.24) is 0 Å². The van der Waals surface area contributed by atoms with Gasteiger partial charge in [-0.2, -0.15) is 0 Å². The number of rotatable bonds is 4. The number of hydrogen-bond donors (Lipinski definition) is 1. The van der Waals surface area contributed by atoms with Crippen LogP contribution in [-0.4, -0.2) is 16.9 Å². The number of allylic oxidation sites excluding steroid dienone is 5. The normalized spacial score (nSPS) is 19.5. The molecule has 2 rings (SSSR count). The molecule has 0 saturated heterocycles. The first kappa shape index (κ1) is 21.4. The Morgan fingerprint density at radius 2 is 1.89 bits per heavy atom. The summed E-state index contributed by atoms with van der Waals surface area (Å²) in [6, 6.07) is 8.08. The van der Waals surface area contributed by atoms with Crippen molar-refractivity contribution in [2.75, 3.05) is 0 Å². The predicted octanol–water partition coefficient (Wildman–Crippen LogP) is 5.12. The Morgan fingerprint density at radius 1 is 1.25 bits per heavy atom. The lowest BCUT2D eigenvalue weighted by Gasteiger charge is -2.37. The lowest BCUT2D eigenvalue weighted by molar-refractivity contribution is -0.131. The van der Waals surface area contributed by atoms with Crippen molar-refractivity contribution in [3.8, 4) is 11.8 Å². The van der Waals surface area contributed by atoms with Crippen molar-refractivity contribution < 1.29 is 14.7 Å². The molecule has 0 spiro atoms. The molecule has 146 valence electrons. The highest BCUT2D eigenvalue weighted by atomic mass is 16.4. The van der Waals surface area contributed by atoms with Gasteiger partial charge in [0.15, 0.2) is 5.78 Å². The molecule has 0 bridgehead atoms. The van der Waals surface area contributed by atoms with E-state index in [-0.39, 0.29) is 17.1 Å². The molecule has 1 atom stereocenters. The molecule has 28 heavy (non-hydrogen) atoms. The van der Waals surface area contributed by atoms with E-state index in [1.807, 2.05) is 31.2 Å². The number of carbonyl (C=O) groups is 2. The van der Waals surface area contributed by atoms with E-state index >= 15 is 0 Å². The summed E-state index contributed by atoms with van der Waals surface area (Å²) >= 11 is 0. The van der Waals surface area contributed by atoms with Crippen LogP contribution in [0.25, 0.3) is 0 Å². The fourth-order valence-electron chi connectivity index (χ4n) is 3.60. The van der Waals surface area contributed by atoms with Crippen molar-refractivity contribution >= 4 is 11.8 Å². The van der Waals surface area contributed by atoms with Gasteiger partial charge in [0.1, 0.15) is 0 Å². The van der Waals surface area contributed by atoms with Crippen LogP contribution < -0.4 is 0 Å². The first-order valence-corrected chi connectivity index (χ1v) is 9.58. The Bertz CT molecular complexity index is 913. The number of carboxylic acid groups (broad SMARTS) is 1.